The maximum absolute atomic E-state index is 12.6. The Kier molecular flexibility index (Phi) is 36.3. The molecule has 0 bridgehead atoms. The molecule has 0 radical (unpaired) electrons. The highest BCUT2D eigenvalue weighted by molar-refractivity contribution is 5.25. The molecule has 6 heteroatoms. The third-order valence-electron chi connectivity index (χ3n) is 14.9. The highest BCUT2D eigenvalue weighted by Crippen LogP contribution is 2.27. The summed E-state index contributed by atoms with van der Waals surface area (Å²) in [6.45, 7) is 39.1. The van der Waals surface area contributed by atoms with Crippen LogP contribution < -0.4 is 0 Å². The van der Waals surface area contributed by atoms with Crippen LogP contribution in [0.1, 0.15) is 204 Å². The van der Waals surface area contributed by atoms with Crippen LogP contribution in [0.15, 0.2) is 96.1 Å². The molecule has 6 unspecified atom stereocenters. The molecular weight excluding hydrogens is 949 g/mol. The molecule has 0 aromatic heterocycles. The van der Waals surface area contributed by atoms with E-state index >= 15 is 0 Å². The molecule has 4 aromatic rings. The van der Waals surface area contributed by atoms with E-state index in [2.05, 4.69) is 120 Å². The van der Waals surface area contributed by atoms with Crippen molar-refractivity contribution in [2.45, 2.75) is 227 Å². The minimum atomic E-state index is -0.736. The van der Waals surface area contributed by atoms with Crippen LogP contribution in [0.25, 0.3) is 0 Å². The van der Waals surface area contributed by atoms with Crippen LogP contribution in [0.3, 0.4) is 0 Å². The molecule has 2 saturated heterocycles. The summed E-state index contributed by atoms with van der Waals surface area (Å²) in [7, 11) is 0. The molecule has 5 aliphatic rings. The first-order valence-corrected chi connectivity index (χ1v) is 29.2. The van der Waals surface area contributed by atoms with E-state index in [1.165, 1.54) is 127 Å². The maximum Gasteiger partial charge on any atom is 0.161 e. The fourth-order valence-electron chi connectivity index (χ4n) is 8.42. The quantitative estimate of drug-likeness (QED) is 0.129. The van der Waals surface area contributed by atoms with E-state index in [-0.39, 0.29) is 11.6 Å². The van der Waals surface area contributed by atoms with Crippen molar-refractivity contribution in [2.24, 2.45) is 35.5 Å². The second-order valence-corrected chi connectivity index (χ2v) is 23.9. The SMILES string of the molecule is CC1=CCC(C)CC1.CC1=CCC(C)CC1.CC1CCC(C)CC1.CC1CCC(C)OC1.CC1CCC(C)OC1.Cc1ccc(C)c(F)c1.Cc1ccc(C)c(F)c1.Cc1ccc(C)c(F)c1F.Cc1ccc(C)cc1. The number of halogens is 4. The Labute approximate surface area is 464 Å². The Bertz CT molecular complexity index is 2000. The number of allylic oxidation sites excluding steroid dienone is 4. The van der Waals surface area contributed by atoms with Gasteiger partial charge >= 0.3 is 0 Å². The summed E-state index contributed by atoms with van der Waals surface area (Å²) < 4.78 is 61.2. The Morgan fingerprint density at radius 3 is 0.842 bits per heavy atom. The van der Waals surface area contributed by atoms with E-state index in [4.69, 9.17) is 9.47 Å². The summed E-state index contributed by atoms with van der Waals surface area (Å²) >= 11 is 0. The first-order chi connectivity index (χ1) is 35.7. The van der Waals surface area contributed by atoms with Crippen molar-refractivity contribution in [3.63, 3.8) is 0 Å². The topological polar surface area (TPSA) is 18.5 Å². The molecule has 6 atom stereocenters. The van der Waals surface area contributed by atoms with Gasteiger partial charge in [-0.05, 0) is 228 Å². The van der Waals surface area contributed by atoms with Crippen LogP contribution in [0, 0.1) is 114 Å². The van der Waals surface area contributed by atoms with E-state index in [1.54, 1.807) is 49.3 Å². The Hall–Kier alpha value is -4.00. The highest BCUT2D eigenvalue weighted by Gasteiger charge is 2.15. The molecule has 76 heavy (non-hydrogen) atoms. The molecule has 3 aliphatic carbocycles. The van der Waals surface area contributed by atoms with Gasteiger partial charge in [0.2, 0.25) is 0 Å². The number of benzene rings is 4. The maximum atomic E-state index is 12.6. The van der Waals surface area contributed by atoms with Crippen LogP contribution in [0.2, 0.25) is 0 Å². The van der Waals surface area contributed by atoms with E-state index in [0.29, 0.717) is 34.5 Å². The molecule has 9 rings (SSSR count). The van der Waals surface area contributed by atoms with Gasteiger partial charge in [0.05, 0.1) is 12.2 Å². The Balaban J connectivity index is 0.000000428. The monoisotopic (exact) mass is 1060 g/mol. The number of hydrogen-bond donors (Lipinski definition) is 0. The summed E-state index contributed by atoms with van der Waals surface area (Å²) in [6, 6.07) is 22.0. The van der Waals surface area contributed by atoms with Gasteiger partial charge in [-0.3, -0.25) is 0 Å². The lowest BCUT2D eigenvalue weighted by Gasteiger charge is -2.23. The van der Waals surface area contributed by atoms with Gasteiger partial charge in [-0.1, -0.05) is 162 Å². The summed E-state index contributed by atoms with van der Waals surface area (Å²) in [5.74, 6) is 3.82. The Morgan fingerprint density at radius 2 is 0.618 bits per heavy atom. The fraction of sp³-hybridized carbons (Fsp3) is 0.600. The lowest BCUT2D eigenvalue weighted by Crippen LogP contribution is -2.21. The van der Waals surface area contributed by atoms with Crippen molar-refractivity contribution in [2.75, 3.05) is 13.2 Å². The van der Waals surface area contributed by atoms with Gasteiger partial charge in [0, 0.05) is 13.2 Å². The second kappa shape index (κ2) is 39.4. The molecule has 4 aromatic carbocycles. The normalized spacial score (nSPS) is 23.4. The van der Waals surface area contributed by atoms with Crippen molar-refractivity contribution in [3.05, 3.63) is 164 Å². The number of ether oxygens (including phenoxy) is 2. The predicted molar refractivity (Wildman–Crippen MR) is 321 cm³/mol. The predicted octanol–water partition coefficient (Wildman–Crippen LogP) is 21.8. The number of hydrogen-bond acceptors (Lipinski definition) is 2. The molecule has 3 fully saturated rings. The van der Waals surface area contributed by atoms with Crippen LogP contribution in [0.5, 0.6) is 0 Å². The standard InChI is InChI=1S/C8H8F2.2C8H9F.C8H16.2C8H14.C8H10.2C7H14O/c1-5-3-4-6(2)8(10)7(5)9;2*1-6-3-4-7(2)8(9)5-6;4*1-7-3-5-8(2)6-4-7;2*1-6-3-4-7(2)8-5-6/h3-4H,1-2H3;2*3-5H,1-2H3;7-8H,3-6H2,1-2H3;2*3,8H,4-6H2,1-2H3;3-6H,1-2H3;2*6-7H,3-5H2,1-2H3. The molecule has 0 N–H and O–H groups in total. The summed E-state index contributed by atoms with van der Waals surface area (Å²) in [5.41, 5.74) is 9.89. The van der Waals surface area contributed by atoms with E-state index < -0.39 is 11.6 Å². The molecule has 0 spiro atoms. The van der Waals surface area contributed by atoms with Crippen molar-refractivity contribution in [1.29, 1.82) is 0 Å². The van der Waals surface area contributed by atoms with Crippen LogP contribution >= 0.6 is 0 Å². The van der Waals surface area contributed by atoms with Crippen molar-refractivity contribution in [3.8, 4) is 0 Å². The van der Waals surface area contributed by atoms with Crippen molar-refractivity contribution in [1.82, 2.24) is 0 Å². The first-order valence-electron chi connectivity index (χ1n) is 29.2. The van der Waals surface area contributed by atoms with Gasteiger partial charge in [-0.25, -0.2) is 17.6 Å². The second-order valence-electron chi connectivity index (χ2n) is 23.9. The third-order valence-corrected chi connectivity index (χ3v) is 14.9. The largest absolute Gasteiger partial charge is 0.378 e. The lowest BCUT2D eigenvalue weighted by molar-refractivity contribution is 0.000174. The zero-order valence-corrected chi connectivity index (χ0v) is 51.3. The van der Waals surface area contributed by atoms with Gasteiger partial charge < -0.3 is 9.47 Å². The first kappa shape index (κ1) is 70.0. The summed E-state index contributed by atoms with van der Waals surface area (Å²) in [5, 5.41) is 0. The summed E-state index contributed by atoms with van der Waals surface area (Å²) in [4.78, 5) is 0. The average Bonchev–Trinajstić information content (AvgIpc) is 3.39. The zero-order chi connectivity index (χ0) is 57.3. The smallest absolute Gasteiger partial charge is 0.161 e. The van der Waals surface area contributed by atoms with Crippen molar-refractivity contribution >= 4 is 0 Å². The summed E-state index contributed by atoms with van der Waals surface area (Å²) in [6.07, 6.45) is 25.0. The molecule has 2 aliphatic heterocycles. The van der Waals surface area contributed by atoms with Crippen LogP contribution in [-0.4, -0.2) is 25.4 Å². The van der Waals surface area contributed by atoms with Gasteiger partial charge in [-0.2, -0.15) is 0 Å². The Morgan fingerprint density at radius 1 is 0.329 bits per heavy atom. The average molecular weight is 1060 g/mol. The van der Waals surface area contributed by atoms with Crippen LogP contribution in [0.4, 0.5) is 17.6 Å². The molecule has 0 amide bonds. The van der Waals surface area contributed by atoms with Gasteiger partial charge in [0.15, 0.2) is 11.6 Å². The number of rotatable bonds is 0. The van der Waals surface area contributed by atoms with Gasteiger partial charge in [0.25, 0.3) is 0 Å². The van der Waals surface area contributed by atoms with Crippen LogP contribution in [-0.2, 0) is 9.47 Å². The van der Waals surface area contributed by atoms with E-state index in [0.717, 1.165) is 59.8 Å². The van der Waals surface area contributed by atoms with Gasteiger partial charge in [0.1, 0.15) is 11.6 Å². The third kappa shape index (κ3) is 34.0. The molecular formula is C70H108F4O2. The van der Waals surface area contributed by atoms with E-state index in [1.807, 2.05) is 26.0 Å². The lowest BCUT2D eigenvalue weighted by atomic mass is 9.84. The van der Waals surface area contributed by atoms with Crippen molar-refractivity contribution < 1.29 is 27.0 Å². The molecule has 428 valence electrons. The van der Waals surface area contributed by atoms with Gasteiger partial charge in [-0.15, -0.1) is 0 Å². The molecule has 1 saturated carbocycles. The fourth-order valence-corrected chi connectivity index (χ4v) is 8.42. The minimum Gasteiger partial charge on any atom is -0.378 e. The highest BCUT2D eigenvalue weighted by atomic mass is 19.2. The molecule has 2 nitrogen and oxygen atoms in total. The number of aryl methyl sites for hydroxylation is 8. The zero-order valence-electron chi connectivity index (χ0n) is 51.3. The molecule has 2 heterocycles. The van der Waals surface area contributed by atoms with E-state index in [9.17, 15) is 17.6 Å². The minimum absolute atomic E-state index is 0.116.